The van der Waals surface area contributed by atoms with E-state index in [1.807, 2.05) is 32.0 Å². The highest BCUT2D eigenvalue weighted by Crippen LogP contribution is 2.35. The minimum Gasteiger partial charge on any atom is -0.490 e. The fourth-order valence-corrected chi connectivity index (χ4v) is 5.16. The summed E-state index contributed by atoms with van der Waals surface area (Å²) in [6.07, 6.45) is 2.19. The van der Waals surface area contributed by atoms with Gasteiger partial charge in [-0.15, -0.1) is 0 Å². The summed E-state index contributed by atoms with van der Waals surface area (Å²) in [5.41, 5.74) is 1.78. The molecule has 0 spiro atoms. The van der Waals surface area contributed by atoms with Crippen molar-refractivity contribution in [3.63, 3.8) is 0 Å². The van der Waals surface area contributed by atoms with Crippen LogP contribution in [0.15, 0.2) is 65.6 Å². The first kappa shape index (κ1) is 31.9. The number of benzene rings is 3. The van der Waals surface area contributed by atoms with Crippen molar-refractivity contribution in [1.82, 2.24) is 4.90 Å². The van der Waals surface area contributed by atoms with Crippen molar-refractivity contribution in [2.45, 2.75) is 26.9 Å². The molecule has 3 aromatic rings. The molecular weight excluding hydrogens is 615 g/mol. The summed E-state index contributed by atoms with van der Waals surface area (Å²) in [6, 6.07) is 16.8. The Morgan fingerprint density at radius 2 is 1.74 bits per heavy atom. The van der Waals surface area contributed by atoms with Crippen molar-refractivity contribution in [2.75, 3.05) is 25.1 Å². The number of imide groups is 1. The number of anilines is 1. The van der Waals surface area contributed by atoms with Crippen molar-refractivity contribution < 1.29 is 33.4 Å². The molecule has 3 amide bonds. The average molecular weight is 644 g/mol. The molecule has 0 unspecified atom stereocenters. The highest BCUT2D eigenvalue weighted by Gasteiger charge is 2.36. The highest BCUT2D eigenvalue weighted by atomic mass is 35.5. The van der Waals surface area contributed by atoms with E-state index in [1.165, 1.54) is 18.2 Å². The number of nitrogens with zero attached hydrogens (tertiary/aromatic N) is 1. The monoisotopic (exact) mass is 642 g/mol. The van der Waals surface area contributed by atoms with Gasteiger partial charge in [0.05, 0.1) is 28.7 Å². The van der Waals surface area contributed by atoms with Crippen LogP contribution in [0, 0.1) is 0 Å². The first-order valence-electron chi connectivity index (χ1n) is 13.3. The van der Waals surface area contributed by atoms with E-state index in [-0.39, 0.29) is 34.4 Å². The number of esters is 1. The third-order valence-electron chi connectivity index (χ3n) is 5.99. The quantitative estimate of drug-likeness (QED) is 0.163. The van der Waals surface area contributed by atoms with Crippen molar-refractivity contribution >= 4 is 69.8 Å². The third-order valence-corrected chi connectivity index (χ3v) is 7.59. The lowest BCUT2D eigenvalue weighted by molar-refractivity contribution is -0.127. The molecule has 0 aliphatic carbocycles. The zero-order valence-corrected chi connectivity index (χ0v) is 25.7. The van der Waals surface area contributed by atoms with E-state index in [0.717, 1.165) is 22.2 Å². The fourth-order valence-electron chi connectivity index (χ4n) is 3.94. The largest absolute Gasteiger partial charge is 0.490 e. The number of hydrogen-bond donors (Lipinski definition) is 1. The molecule has 224 valence electrons. The highest BCUT2D eigenvalue weighted by molar-refractivity contribution is 8.18. The first-order chi connectivity index (χ1) is 20.7. The van der Waals surface area contributed by atoms with E-state index in [9.17, 15) is 19.2 Å². The first-order valence-corrected chi connectivity index (χ1v) is 14.9. The van der Waals surface area contributed by atoms with E-state index in [0.29, 0.717) is 35.1 Å². The number of carbonyl (C=O) groups is 4. The van der Waals surface area contributed by atoms with E-state index in [4.69, 9.17) is 37.4 Å². The second kappa shape index (κ2) is 15.0. The number of thioether (sulfide) groups is 1. The molecule has 1 heterocycles. The van der Waals surface area contributed by atoms with Gasteiger partial charge in [-0.25, -0.2) is 4.79 Å². The maximum absolute atomic E-state index is 13.1. The molecule has 1 fully saturated rings. The lowest BCUT2D eigenvalue weighted by Gasteiger charge is -2.14. The van der Waals surface area contributed by atoms with Gasteiger partial charge in [-0.05, 0) is 73.1 Å². The molecule has 3 aromatic carbocycles. The predicted molar refractivity (Wildman–Crippen MR) is 167 cm³/mol. The second-order valence-corrected chi connectivity index (χ2v) is 11.0. The molecule has 0 saturated carbocycles. The molecule has 1 aliphatic heterocycles. The normalized spacial score (nSPS) is 13.8. The van der Waals surface area contributed by atoms with E-state index >= 15 is 0 Å². The number of rotatable bonds is 12. The van der Waals surface area contributed by atoms with Crippen LogP contribution in [0.2, 0.25) is 10.0 Å². The van der Waals surface area contributed by atoms with Gasteiger partial charge in [-0.3, -0.25) is 19.3 Å². The molecule has 9 nitrogen and oxygen atoms in total. The standard InChI is InChI=1S/C31H28Cl2N2O7S/c1-3-13-41-30(38)22-16-21(10-11-24(22)33)34-28(36)17-35-29(37)27(43-31(35)39)15-19-9-12-25(26(14-19)40-4-2)42-18-20-7-5-6-8-23(20)32/h5-12,14-16H,3-4,13,17-18H2,1-2H3,(H,34,36)/b27-15+. The topological polar surface area (TPSA) is 111 Å². The Bertz CT molecular complexity index is 1580. The van der Waals surface area contributed by atoms with Crippen LogP contribution < -0.4 is 14.8 Å². The summed E-state index contributed by atoms with van der Waals surface area (Å²) >= 11 is 13.1. The number of nitrogens with one attached hydrogen (secondary N) is 1. The Hall–Kier alpha value is -3.99. The molecular formula is C31H28Cl2N2O7S. The lowest BCUT2D eigenvalue weighted by Crippen LogP contribution is -2.36. The summed E-state index contributed by atoms with van der Waals surface area (Å²) in [5.74, 6) is -0.901. The fraction of sp³-hybridized carbons (Fsp3) is 0.226. The van der Waals surface area contributed by atoms with Crippen molar-refractivity contribution in [2.24, 2.45) is 0 Å². The maximum atomic E-state index is 13.1. The van der Waals surface area contributed by atoms with E-state index < -0.39 is 29.6 Å². The molecule has 43 heavy (non-hydrogen) atoms. The van der Waals surface area contributed by atoms with Crippen molar-refractivity contribution in [1.29, 1.82) is 0 Å². The number of amides is 3. The zero-order valence-electron chi connectivity index (χ0n) is 23.4. The second-order valence-electron chi connectivity index (χ2n) is 9.17. The Morgan fingerprint density at radius 1 is 0.953 bits per heavy atom. The van der Waals surface area contributed by atoms with Gasteiger partial charge in [-0.1, -0.05) is 54.4 Å². The summed E-state index contributed by atoms with van der Waals surface area (Å²) in [5, 5.41) is 2.76. The maximum Gasteiger partial charge on any atom is 0.339 e. The lowest BCUT2D eigenvalue weighted by atomic mass is 10.1. The number of halogens is 2. The van der Waals surface area contributed by atoms with Crippen LogP contribution in [0.3, 0.4) is 0 Å². The van der Waals surface area contributed by atoms with Crippen LogP contribution in [0.5, 0.6) is 11.5 Å². The molecule has 0 radical (unpaired) electrons. The Balaban J connectivity index is 1.43. The molecule has 1 N–H and O–H groups in total. The van der Waals surface area contributed by atoms with Crippen LogP contribution in [0.4, 0.5) is 10.5 Å². The van der Waals surface area contributed by atoms with Gasteiger partial charge in [0.2, 0.25) is 5.91 Å². The summed E-state index contributed by atoms with van der Waals surface area (Å²) in [6.45, 7) is 4.03. The molecule has 0 aromatic heterocycles. The Morgan fingerprint density at radius 3 is 2.49 bits per heavy atom. The van der Waals surface area contributed by atoms with E-state index in [2.05, 4.69) is 5.32 Å². The minimum atomic E-state index is -0.627. The van der Waals surface area contributed by atoms with Crippen LogP contribution in [-0.2, 0) is 20.9 Å². The van der Waals surface area contributed by atoms with Gasteiger partial charge in [0.1, 0.15) is 13.2 Å². The summed E-state index contributed by atoms with van der Waals surface area (Å²) in [7, 11) is 0. The van der Waals surface area contributed by atoms with Gasteiger partial charge in [0.25, 0.3) is 11.1 Å². The smallest absolute Gasteiger partial charge is 0.339 e. The predicted octanol–water partition coefficient (Wildman–Crippen LogP) is 7.21. The molecule has 0 bridgehead atoms. The number of hydrogen-bond acceptors (Lipinski definition) is 8. The van der Waals surface area contributed by atoms with Crippen LogP contribution in [-0.4, -0.2) is 47.7 Å². The van der Waals surface area contributed by atoms with E-state index in [1.54, 1.807) is 30.3 Å². The third kappa shape index (κ3) is 8.31. The summed E-state index contributed by atoms with van der Waals surface area (Å²) in [4.78, 5) is 51.7. The zero-order chi connectivity index (χ0) is 30.9. The van der Waals surface area contributed by atoms with Gasteiger partial charge in [0.15, 0.2) is 11.5 Å². The molecule has 0 atom stereocenters. The average Bonchev–Trinajstić information content (AvgIpc) is 3.24. The van der Waals surface area contributed by atoms with Gasteiger partial charge < -0.3 is 19.5 Å². The molecule has 4 rings (SSSR count). The molecule has 12 heteroatoms. The summed E-state index contributed by atoms with van der Waals surface area (Å²) < 4.78 is 16.8. The van der Waals surface area contributed by atoms with Crippen LogP contribution in [0.1, 0.15) is 41.8 Å². The van der Waals surface area contributed by atoms with Gasteiger partial charge >= 0.3 is 5.97 Å². The molecule has 1 saturated heterocycles. The Kier molecular flexibility index (Phi) is 11.1. The van der Waals surface area contributed by atoms with Gasteiger partial charge in [-0.2, -0.15) is 0 Å². The van der Waals surface area contributed by atoms with Crippen LogP contribution >= 0.6 is 35.0 Å². The number of carbonyl (C=O) groups excluding carboxylic acids is 4. The van der Waals surface area contributed by atoms with Gasteiger partial charge in [0, 0.05) is 16.3 Å². The van der Waals surface area contributed by atoms with Crippen molar-refractivity contribution in [3.8, 4) is 11.5 Å². The minimum absolute atomic E-state index is 0.0914. The van der Waals surface area contributed by atoms with Crippen LogP contribution in [0.25, 0.3) is 6.08 Å². The number of ether oxygens (including phenoxy) is 3. The van der Waals surface area contributed by atoms with Crippen molar-refractivity contribution in [3.05, 3.63) is 92.3 Å². The Labute approximate surface area is 263 Å². The molecule has 1 aliphatic rings. The SMILES string of the molecule is CCCOC(=O)c1cc(NC(=O)CN2C(=O)S/C(=C/c3ccc(OCc4ccccc4Cl)c(OCC)c3)C2=O)ccc1Cl.